The average Bonchev–Trinajstić information content (AvgIpc) is 2.65. The minimum absolute atomic E-state index is 0.638. The molecule has 122 valence electrons. The summed E-state index contributed by atoms with van der Waals surface area (Å²) in [5.74, 6) is 0.638. The maximum absolute atomic E-state index is 6.30. The number of pyridine rings is 1. The van der Waals surface area contributed by atoms with Gasteiger partial charge >= 0.3 is 0 Å². The van der Waals surface area contributed by atoms with Gasteiger partial charge in [-0.25, -0.2) is 15.0 Å². The predicted octanol–water partition coefficient (Wildman–Crippen LogP) is 5.24. The van der Waals surface area contributed by atoms with Crippen LogP contribution in [0.15, 0.2) is 66.9 Å². The number of para-hydroxylation sites is 1. The van der Waals surface area contributed by atoms with Crippen molar-refractivity contribution in [3.63, 3.8) is 0 Å². The lowest BCUT2D eigenvalue weighted by molar-refractivity contribution is 1.03. The summed E-state index contributed by atoms with van der Waals surface area (Å²) in [6.45, 7) is 2.06. The van der Waals surface area contributed by atoms with Crippen molar-refractivity contribution in [3.05, 3.63) is 88.7 Å². The first-order chi connectivity index (χ1) is 12.2. The van der Waals surface area contributed by atoms with Gasteiger partial charge in [-0.15, -0.1) is 0 Å². The number of nitrogens with zero attached hydrogens (tertiary/aromatic N) is 3. The fourth-order valence-electron chi connectivity index (χ4n) is 2.79. The van der Waals surface area contributed by atoms with Crippen molar-refractivity contribution in [2.24, 2.45) is 0 Å². The van der Waals surface area contributed by atoms with Crippen molar-refractivity contribution in [1.82, 2.24) is 15.0 Å². The number of aryl methyl sites for hydroxylation is 1. The quantitative estimate of drug-likeness (QED) is 0.509. The number of hydrogen-bond donors (Lipinski definition) is 0. The Kier molecular flexibility index (Phi) is 4.16. The Hall–Kier alpha value is -2.78. The van der Waals surface area contributed by atoms with Gasteiger partial charge in [0.25, 0.3) is 0 Å². The van der Waals surface area contributed by atoms with Crippen molar-refractivity contribution in [2.75, 3.05) is 0 Å². The van der Waals surface area contributed by atoms with Gasteiger partial charge in [0.05, 0.1) is 5.52 Å². The maximum Gasteiger partial charge on any atom is 0.178 e. The molecule has 25 heavy (non-hydrogen) atoms. The summed E-state index contributed by atoms with van der Waals surface area (Å²) in [6, 6.07) is 19.8. The molecule has 0 radical (unpaired) electrons. The first kappa shape index (κ1) is 15.7. The Bertz CT molecular complexity index is 1060. The third-order valence-electron chi connectivity index (χ3n) is 4.24. The maximum atomic E-state index is 6.30. The van der Waals surface area contributed by atoms with Gasteiger partial charge in [-0.05, 0) is 36.2 Å². The minimum atomic E-state index is 0.638. The van der Waals surface area contributed by atoms with E-state index in [0.717, 1.165) is 38.4 Å². The van der Waals surface area contributed by atoms with Gasteiger partial charge in [-0.1, -0.05) is 54.1 Å². The number of hydrogen-bond acceptors (Lipinski definition) is 3. The van der Waals surface area contributed by atoms with Crippen molar-refractivity contribution in [1.29, 1.82) is 0 Å². The first-order valence-corrected chi connectivity index (χ1v) is 8.50. The van der Waals surface area contributed by atoms with E-state index in [-0.39, 0.29) is 0 Å². The normalized spacial score (nSPS) is 11.0. The van der Waals surface area contributed by atoms with Gasteiger partial charge in [0, 0.05) is 28.7 Å². The fourth-order valence-corrected chi connectivity index (χ4v) is 2.99. The topological polar surface area (TPSA) is 38.7 Å². The van der Waals surface area contributed by atoms with Crippen LogP contribution >= 0.6 is 11.6 Å². The molecule has 0 fully saturated rings. The third kappa shape index (κ3) is 3.24. The van der Waals surface area contributed by atoms with Crippen molar-refractivity contribution in [3.8, 4) is 11.5 Å². The Balaban J connectivity index is 1.74. The molecule has 0 spiro atoms. The van der Waals surface area contributed by atoms with E-state index in [0.29, 0.717) is 12.2 Å². The van der Waals surface area contributed by atoms with E-state index < -0.39 is 0 Å². The fraction of sp³-hybridized carbons (Fsp3) is 0.0952. The second kappa shape index (κ2) is 6.61. The summed E-state index contributed by atoms with van der Waals surface area (Å²) in [7, 11) is 0. The molecule has 0 saturated heterocycles. The Morgan fingerprint density at radius 1 is 0.880 bits per heavy atom. The highest BCUT2D eigenvalue weighted by Gasteiger charge is 2.10. The SMILES string of the molecule is Cc1ccc(-c2ncc3ccccc3n2)nc1Cc1ccccc1Cl. The highest BCUT2D eigenvalue weighted by molar-refractivity contribution is 6.31. The molecule has 0 aliphatic carbocycles. The molecular weight excluding hydrogens is 330 g/mol. The van der Waals surface area contributed by atoms with Gasteiger partial charge in [-0.3, -0.25) is 0 Å². The molecule has 0 bridgehead atoms. The van der Waals surface area contributed by atoms with Gasteiger partial charge in [-0.2, -0.15) is 0 Å². The Morgan fingerprint density at radius 3 is 2.56 bits per heavy atom. The minimum Gasteiger partial charge on any atom is -0.249 e. The van der Waals surface area contributed by atoms with E-state index in [2.05, 4.69) is 23.0 Å². The van der Waals surface area contributed by atoms with E-state index in [1.165, 1.54) is 0 Å². The molecule has 4 heteroatoms. The monoisotopic (exact) mass is 345 g/mol. The van der Waals surface area contributed by atoms with Gasteiger partial charge in [0.1, 0.15) is 5.69 Å². The second-order valence-corrected chi connectivity index (χ2v) is 6.39. The lowest BCUT2D eigenvalue weighted by Gasteiger charge is -2.09. The number of halogens is 1. The van der Waals surface area contributed by atoms with Crippen LogP contribution in [-0.2, 0) is 6.42 Å². The van der Waals surface area contributed by atoms with E-state index in [4.69, 9.17) is 16.6 Å². The predicted molar refractivity (Wildman–Crippen MR) is 102 cm³/mol. The Labute approximate surface area is 151 Å². The summed E-state index contributed by atoms with van der Waals surface area (Å²) in [5, 5.41) is 1.78. The molecule has 3 nitrogen and oxygen atoms in total. The molecule has 4 rings (SSSR count). The van der Waals surface area contributed by atoms with E-state index >= 15 is 0 Å². The van der Waals surface area contributed by atoms with E-state index in [1.54, 1.807) is 0 Å². The van der Waals surface area contributed by atoms with Crippen LogP contribution < -0.4 is 0 Å². The molecule has 2 heterocycles. The number of benzene rings is 2. The largest absolute Gasteiger partial charge is 0.249 e. The standard InChI is InChI=1S/C21H16ClN3/c1-14-10-11-19(21-23-13-16-7-3-5-9-18(16)25-21)24-20(14)12-15-6-2-4-8-17(15)22/h2-11,13H,12H2,1H3. The van der Waals surface area contributed by atoms with E-state index in [9.17, 15) is 0 Å². The van der Waals surface area contributed by atoms with Gasteiger partial charge < -0.3 is 0 Å². The van der Waals surface area contributed by atoms with Crippen LogP contribution in [0.4, 0.5) is 0 Å². The molecule has 0 amide bonds. The van der Waals surface area contributed by atoms with Crippen LogP contribution in [0.3, 0.4) is 0 Å². The van der Waals surface area contributed by atoms with Crippen molar-refractivity contribution >= 4 is 22.5 Å². The number of fused-ring (bicyclic) bond motifs is 1. The van der Waals surface area contributed by atoms with Crippen LogP contribution in [-0.4, -0.2) is 15.0 Å². The summed E-state index contributed by atoms with van der Waals surface area (Å²) in [5.41, 5.74) is 4.88. The summed E-state index contributed by atoms with van der Waals surface area (Å²) in [4.78, 5) is 13.9. The average molecular weight is 346 g/mol. The molecule has 0 aliphatic heterocycles. The van der Waals surface area contributed by atoms with Crippen LogP contribution in [0.2, 0.25) is 5.02 Å². The molecule has 0 saturated carbocycles. The smallest absolute Gasteiger partial charge is 0.178 e. The molecule has 0 atom stereocenters. The van der Waals surface area contributed by atoms with Gasteiger partial charge in [0.15, 0.2) is 5.82 Å². The Morgan fingerprint density at radius 2 is 1.68 bits per heavy atom. The summed E-state index contributed by atoms with van der Waals surface area (Å²) in [6.07, 6.45) is 2.53. The summed E-state index contributed by atoms with van der Waals surface area (Å²) < 4.78 is 0. The zero-order valence-electron chi connectivity index (χ0n) is 13.8. The first-order valence-electron chi connectivity index (χ1n) is 8.13. The highest BCUT2D eigenvalue weighted by Crippen LogP contribution is 2.22. The van der Waals surface area contributed by atoms with Crippen LogP contribution in [0, 0.1) is 6.92 Å². The lowest BCUT2D eigenvalue weighted by Crippen LogP contribution is -2.00. The molecule has 2 aromatic carbocycles. The molecular formula is C21H16ClN3. The zero-order valence-corrected chi connectivity index (χ0v) is 14.5. The molecule has 0 N–H and O–H groups in total. The van der Waals surface area contributed by atoms with Crippen molar-refractivity contribution in [2.45, 2.75) is 13.3 Å². The highest BCUT2D eigenvalue weighted by atomic mass is 35.5. The molecule has 0 aliphatic rings. The molecule has 2 aromatic heterocycles. The van der Waals surface area contributed by atoms with Crippen LogP contribution in [0.5, 0.6) is 0 Å². The molecule has 4 aromatic rings. The lowest BCUT2D eigenvalue weighted by atomic mass is 10.1. The zero-order chi connectivity index (χ0) is 17.2. The van der Waals surface area contributed by atoms with Crippen LogP contribution in [0.1, 0.15) is 16.8 Å². The third-order valence-corrected chi connectivity index (χ3v) is 4.60. The summed E-state index contributed by atoms with van der Waals surface area (Å²) >= 11 is 6.30. The molecule has 0 unspecified atom stereocenters. The number of aromatic nitrogens is 3. The van der Waals surface area contributed by atoms with Crippen molar-refractivity contribution < 1.29 is 0 Å². The van der Waals surface area contributed by atoms with E-state index in [1.807, 2.05) is 60.8 Å². The van der Waals surface area contributed by atoms with Crippen LogP contribution in [0.25, 0.3) is 22.4 Å². The number of rotatable bonds is 3. The van der Waals surface area contributed by atoms with Gasteiger partial charge in [0.2, 0.25) is 0 Å². The second-order valence-electron chi connectivity index (χ2n) is 5.98.